The molecule has 2 aromatic heterocycles. The number of benzene rings is 2. The molecule has 0 fully saturated rings. The van der Waals surface area contributed by atoms with Gasteiger partial charge in [0.25, 0.3) is 5.91 Å². The van der Waals surface area contributed by atoms with E-state index in [1.807, 2.05) is 26.8 Å². The highest BCUT2D eigenvalue weighted by Crippen LogP contribution is 2.40. The van der Waals surface area contributed by atoms with E-state index in [4.69, 9.17) is 4.42 Å². The van der Waals surface area contributed by atoms with Crippen LogP contribution in [-0.4, -0.2) is 10.9 Å². The first-order valence-corrected chi connectivity index (χ1v) is 9.95. The standard InChI is InChI=1S/C25H19FN2O3/c1-13-8-9-27-20(10-13)28-22(16-4-6-17(26)7-5-16)21-23(29)18-11-14(2)15(3)12-19(18)31-24(21)25(28)30/h4-12,22H,1-3H3. The molecule has 0 radical (unpaired) electrons. The van der Waals surface area contributed by atoms with Crippen molar-refractivity contribution in [2.24, 2.45) is 0 Å². The summed E-state index contributed by atoms with van der Waals surface area (Å²) in [6.07, 6.45) is 1.61. The molecule has 2 aromatic carbocycles. The average Bonchev–Trinajstić information content (AvgIpc) is 3.03. The zero-order valence-corrected chi connectivity index (χ0v) is 17.3. The molecule has 154 valence electrons. The maximum Gasteiger partial charge on any atom is 0.296 e. The molecule has 31 heavy (non-hydrogen) atoms. The topological polar surface area (TPSA) is 63.4 Å². The molecule has 0 saturated carbocycles. The zero-order chi connectivity index (χ0) is 21.9. The van der Waals surface area contributed by atoms with Crippen LogP contribution in [0.3, 0.4) is 0 Å². The molecule has 0 bridgehead atoms. The van der Waals surface area contributed by atoms with Crippen molar-refractivity contribution in [2.45, 2.75) is 26.8 Å². The first-order valence-electron chi connectivity index (χ1n) is 9.95. The molecule has 1 aliphatic rings. The second-order valence-corrected chi connectivity index (χ2v) is 7.93. The number of aryl methyl sites for hydroxylation is 3. The second kappa shape index (κ2) is 6.87. The summed E-state index contributed by atoms with van der Waals surface area (Å²) >= 11 is 0. The number of amides is 1. The normalized spacial score (nSPS) is 15.5. The third-order valence-electron chi connectivity index (χ3n) is 5.82. The van der Waals surface area contributed by atoms with E-state index < -0.39 is 17.8 Å². The lowest BCUT2D eigenvalue weighted by atomic mass is 9.97. The molecular weight excluding hydrogens is 395 g/mol. The number of carbonyl (C=O) groups is 1. The number of carbonyl (C=O) groups excluding carboxylic acids is 1. The van der Waals surface area contributed by atoms with E-state index in [0.717, 1.165) is 16.7 Å². The van der Waals surface area contributed by atoms with Gasteiger partial charge >= 0.3 is 0 Å². The number of hydrogen-bond acceptors (Lipinski definition) is 4. The number of anilines is 1. The summed E-state index contributed by atoms with van der Waals surface area (Å²) in [5, 5.41) is 0.417. The van der Waals surface area contributed by atoms with Gasteiger partial charge in [-0.25, -0.2) is 9.37 Å². The lowest BCUT2D eigenvalue weighted by Gasteiger charge is -2.24. The van der Waals surface area contributed by atoms with Crippen molar-refractivity contribution in [1.82, 2.24) is 4.98 Å². The smallest absolute Gasteiger partial charge is 0.296 e. The fraction of sp³-hybridized carbons (Fsp3) is 0.160. The highest BCUT2D eigenvalue weighted by atomic mass is 19.1. The largest absolute Gasteiger partial charge is 0.450 e. The van der Waals surface area contributed by atoms with Crippen LogP contribution in [0.5, 0.6) is 0 Å². The summed E-state index contributed by atoms with van der Waals surface area (Å²) in [5.74, 6) is -0.440. The van der Waals surface area contributed by atoms with E-state index in [1.54, 1.807) is 36.5 Å². The van der Waals surface area contributed by atoms with Crippen LogP contribution in [-0.2, 0) is 0 Å². The van der Waals surface area contributed by atoms with E-state index in [2.05, 4.69) is 4.98 Å². The van der Waals surface area contributed by atoms with Gasteiger partial charge in [0, 0.05) is 6.20 Å². The summed E-state index contributed by atoms with van der Waals surface area (Å²) in [5.41, 5.74) is 3.80. The summed E-state index contributed by atoms with van der Waals surface area (Å²) in [6.45, 7) is 5.75. The van der Waals surface area contributed by atoms with Gasteiger partial charge in [0.15, 0.2) is 5.43 Å². The Kier molecular flexibility index (Phi) is 4.25. The Morgan fingerprint density at radius 3 is 2.39 bits per heavy atom. The molecule has 4 aromatic rings. The minimum absolute atomic E-state index is 0.00150. The third kappa shape index (κ3) is 2.94. The molecular formula is C25H19FN2O3. The molecule has 3 heterocycles. The molecule has 0 N–H and O–H groups in total. The number of pyridine rings is 1. The fourth-order valence-electron chi connectivity index (χ4n) is 4.08. The summed E-state index contributed by atoms with van der Waals surface area (Å²) in [6, 6.07) is 12.2. The van der Waals surface area contributed by atoms with Gasteiger partial charge in [-0.1, -0.05) is 12.1 Å². The van der Waals surface area contributed by atoms with Gasteiger partial charge in [-0.3, -0.25) is 14.5 Å². The van der Waals surface area contributed by atoms with Gasteiger partial charge in [0.2, 0.25) is 5.76 Å². The molecule has 0 saturated heterocycles. The van der Waals surface area contributed by atoms with Gasteiger partial charge in [-0.2, -0.15) is 0 Å². The van der Waals surface area contributed by atoms with Crippen LogP contribution in [0.15, 0.2) is 63.9 Å². The monoisotopic (exact) mass is 414 g/mol. The van der Waals surface area contributed by atoms with Crippen LogP contribution in [0.1, 0.15) is 44.4 Å². The Balaban J connectivity index is 1.83. The van der Waals surface area contributed by atoms with E-state index >= 15 is 0 Å². The highest BCUT2D eigenvalue weighted by molar-refractivity contribution is 6.10. The van der Waals surface area contributed by atoms with Crippen LogP contribution >= 0.6 is 0 Å². The molecule has 0 aliphatic carbocycles. The third-order valence-corrected chi connectivity index (χ3v) is 5.82. The van der Waals surface area contributed by atoms with Gasteiger partial charge in [-0.15, -0.1) is 0 Å². The van der Waals surface area contributed by atoms with Crippen molar-refractivity contribution >= 4 is 22.7 Å². The van der Waals surface area contributed by atoms with E-state index in [1.165, 1.54) is 17.0 Å². The van der Waals surface area contributed by atoms with Crippen LogP contribution in [0.2, 0.25) is 0 Å². The van der Waals surface area contributed by atoms with Gasteiger partial charge < -0.3 is 4.42 Å². The Morgan fingerprint density at radius 2 is 1.68 bits per heavy atom. The van der Waals surface area contributed by atoms with Gasteiger partial charge in [0.1, 0.15) is 17.2 Å². The zero-order valence-electron chi connectivity index (χ0n) is 17.3. The molecule has 5 nitrogen and oxygen atoms in total. The van der Waals surface area contributed by atoms with Crippen LogP contribution in [0.25, 0.3) is 11.0 Å². The quantitative estimate of drug-likeness (QED) is 0.463. The summed E-state index contributed by atoms with van der Waals surface area (Å²) < 4.78 is 19.6. The lowest BCUT2D eigenvalue weighted by Crippen LogP contribution is -2.30. The Bertz CT molecular complexity index is 1420. The summed E-state index contributed by atoms with van der Waals surface area (Å²) in [4.78, 5) is 32.9. The predicted molar refractivity (Wildman–Crippen MR) is 116 cm³/mol. The lowest BCUT2D eigenvalue weighted by molar-refractivity contribution is 0.0970. The number of hydrogen-bond donors (Lipinski definition) is 0. The molecule has 5 rings (SSSR count). The van der Waals surface area contributed by atoms with E-state index in [9.17, 15) is 14.0 Å². The average molecular weight is 414 g/mol. The number of fused-ring (bicyclic) bond motifs is 2. The number of halogens is 1. The first-order chi connectivity index (χ1) is 14.8. The Labute approximate surface area is 177 Å². The van der Waals surface area contributed by atoms with Crippen molar-refractivity contribution in [1.29, 1.82) is 0 Å². The predicted octanol–water partition coefficient (Wildman–Crippen LogP) is 5.00. The molecule has 6 heteroatoms. The van der Waals surface area contributed by atoms with Gasteiger partial charge in [0.05, 0.1) is 17.0 Å². The van der Waals surface area contributed by atoms with Crippen molar-refractivity contribution in [2.75, 3.05) is 4.90 Å². The Morgan fingerprint density at radius 1 is 0.968 bits per heavy atom. The Hall–Kier alpha value is -3.80. The van der Waals surface area contributed by atoms with Crippen molar-refractivity contribution in [3.8, 4) is 0 Å². The molecule has 1 atom stereocenters. The van der Waals surface area contributed by atoms with Gasteiger partial charge in [-0.05, 0) is 79.4 Å². The molecule has 1 unspecified atom stereocenters. The van der Waals surface area contributed by atoms with Crippen LogP contribution in [0, 0.1) is 26.6 Å². The van der Waals surface area contributed by atoms with Crippen molar-refractivity contribution in [3.63, 3.8) is 0 Å². The molecule has 1 amide bonds. The van der Waals surface area contributed by atoms with Crippen LogP contribution < -0.4 is 10.3 Å². The molecule has 0 spiro atoms. The number of rotatable bonds is 2. The second-order valence-electron chi connectivity index (χ2n) is 7.93. The van der Waals surface area contributed by atoms with E-state index in [-0.39, 0.29) is 16.8 Å². The fourth-order valence-corrected chi connectivity index (χ4v) is 4.08. The summed E-state index contributed by atoms with van der Waals surface area (Å²) in [7, 11) is 0. The minimum Gasteiger partial charge on any atom is -0.450 e. The first kappa shape index (κ1) is 19.2. The van der Waals surface area contributed by atoms with Crippen LogP contribution in [0.4, 0.5) is 10.2 Å². The SMILES string of the molecule is Cc1ccnc(N2C(=O)c3oc4cc(C)c(C)cc4c(=O)c3C2c2ccc(F)cc2)c1. The van der Waals surface area contributed by atoms with Crippen molar-refractivity contribution in [3.05, 3.63) is 104 Å². The highest BCUT2D eigenvalue weighted by Gasteiger charge is 2.44. The molecule has 1 aliphatic heterocycles. The van der Waals surface area contributed by atoms with E-state index in [0.29, 0.717) is 22.4 Å². The van der Waals surface area contributed by atoms with Crippen molar-refractivity contribution < 1.29 is 13.6 Å². The maximum atomic E-state index is 13.6. The maximum absolute atomic E-state index is 13.6. The minimum atomic E-state index is -0.764. The number of nitrogens with zero attached hydrogens (tertiary/aromatic N) is 2. The number of aromatic nitrogens is 1.